The van der Waals surface area contributed by atoms with Gasteiger partial charge in [-0.15, -0.1) is 0 Å². The summed E-state index contributed by atoms with van der Waals surface area (Å²) in [6.07, 6.45) is -4.52. The number of aromatic nitrogens is 4. The van der Waals surface area contributed by atoms with Gasteiger partial charge in [-0.25, -0.2) is 4.98 Å². The van der Waals surface area contributed by atoms with Crippen molar-refractivity contribution < 1.29 is 22.7 Å². The predicted octanol–water partition coefficient (Wildman–Crippen LogP) is 3.48. The van der Waals surface area contributed by atoms with E-state index in [0.29, 0.717) is 19.5 Å². The van der Waals surface area contributed by atoms with Gasteiger partial charge in [0.05, 0.1) is 11.7 Å². The fourth-order valence-corrected chi connectivity index (χ4v) is 3.04. The van der Waals surface area contributed by atoms with Gasteiger partial charge in [-0.3, -0.25) is 0 Å². The number of pyridine rings is 1. The molecular formula is C19H17F4N7O. The van der Waals surface area contributed by atoms with Crippen LogP contribution in [0, 0.1) is 5.95 Å². The molecule has 0 aliphatic carbocycles. The average Bonchev–Trinajstić information content (AvgIpc) is 3.14. The molecule has 1 aliphatic rings. The molecule has 3 N–H and O–H groups in total. The van der Waals surface area contributed by atoms with Gasteiger partial charge in [-0.2, -0.15) is 32.5 Å². The van der Waals surface area contributed by atoms with Crippen LogP contribution in [0.15, 0.2) is 42.5 Å². The van der Waals surface area contributed by atoms with Crippen LogP contribution in [0.25, 0.3) is 0 Å². The topological polar surface area (TPSA) is 99.1 Å². The van der Waals surface area contributed by atoms with Crippen LogP contribution in [0.2, 0.25) is 0 Å². The number of benzene rings is 1. The second-order valence-corrected chi connectivity index (χ2v) is 6.85. The predicted molar refractivity (Wildman–Crippen MR) is 105 cm³/mol. The lowest BCUT2D eigenvalue weighted by Gasteiger charge is -2.17. The number of β-amino-alcohol motifs (C(OH)–C–C–N with tert-alkyl or cyclic N) is 1. The van der Waals surface area contributed by atoms with Gasteiger partial charge in [0.1, 0.15) is 5.82 Å². The van der Waals surface area contributed by atoms with E-state index in [9.17, 15) is 22.7 Å². The van der Waals surface area contributed by atoms with Crippen LogP contribution in [0.5, 0.6) is 0 Å². The SMILES string of the molecule is O[C@H]1CCN(c2nc(Nc3cccc(C(F)(F)F)c3)nc(Nc3cccc(F)n3)n2)C1. The molecule has 0 amide bonds. The molecule has 0 radical (unpaired) electrons. The van der Waals surface area contributed by atoms with E-state index < -0.39 is 23.8 Å². The summed E-state index contributed by atoms with van der Waals surface area (Å²) in [6, 6.07) is 8.73. The molecule has 8 nitrogen and oxygen atoms in total. The third-order valence-corrected chi connectivity index (χ3v) is 4.47. The van der Waals surface area contributed by atoms with Crippen LogP contribution in [0.1, 0.15) is 12.0 Å². The third-order valence-electron chi connectivity index (χ3n) is 4.47. The summed E-state index contributed by atoms with van der Waals surface area (Å²) in [4.78, 5) is 18.1. The number of hydrogen-bond donors (Lipinski definition) is 3. The van der Waals surface area contributed by atoms with Gasteiger partial charge in [0.2, 0.25) is 23.8 Å². The van der Waals surface area contributed by atoms with Crippen molar-refractivity contribution in [3.8, 4) is 0 Å². The molecule has 1 aromatic carbocycles. The summed E-state index contributed by atoms with van der Waals surface area (Å²) in [7, 11) is 0. The zero-order valence-electron chi connectivity index (χ0n) is 15.9. The van der Waals surface area contributed by atoms with Crippen LogP contribution < -0.4 is 15.5 Å². The third kappa shape index (κ3) is 5.15. The van der Waals surface area contributed by atoms with E-state index in [1.807, 2.05) is 0 Å². The van der Waals surface area contributed by atoms with Gasteiger partial charge in [-0.1, -0.05) is 12.1 Å². The Morgan fingerprint density at radius 2 is 1.71 bits per heavy atom. The fourth-order valence-electron chi connectivity index (χ4n) is 3.04. The monoisotopic (exact) mass is 435 g/mol. The van der Waals surface area contributed by atoms with E-state index in [-0.39, 0.29) is 29.4 Å². The summed E-state index contributed by atoms with van der Waals surface area (Å²) in [6.45, 7) is 0.788. The van der Waals surface area contributed by atoms with Crippen molar-refractivity contribution in [1.29, 1.82) is 0 Å². The Hall–Kier alpha value is -3.54. The molecule has 3 aromatic rings. The highest BCUT2D eigenvalue weighted by Crippen LogP contribution is 2.31. The van der Waals surface area contributed by atoms with E-state index in [4.69, 9.17) is 0 Å². The molecule has 0 spiro atoms. The van der Waals surface area contributed by atoms with Gasteiger partial charge >= 0.3 is 6.18 Å². The van der Waals surface area contributed by atoms with E-state index in [2.05, 4.69) is 30.6 Å². The molecule has 1 aliphatic heterocycles. The van der Waals surface area contributed by atoms with Crippen LogP contribution >= 0.6 is 0 Å². The minimum atomic E-state index is -4.50. The second-order valence-electron chi connectivity index (χ2n) is 6.85. The Morgan fingerprint density at radius 1 is 0.968 bits per heavy atom. The maximum absolute atomic E-state index is 13.4. The van der Waals surface area contributed by atoms with Crippen molar-refractivity contribution >= 4 is 29.4 Å². The van der Waals surface area contributed by atoms with E-state index >= 15 is 0 Å². The zero-order valence-corrected chi connectivity index (χ0v) is 15.9. The smallest absolute Gasteiger partial charge is 0.391 e. The molecule has 1 fully saturated rings. The molecule has 0 bridgehead atoms. The minimum Gasteiger partial charge on any atom is -0.391 e. The molecule has 1 atom stereocenters. The number of rotatable bonds is 5. The summed E-state index contributed by atoms with van der Waals surface area (Å²) in [5.41, 5.74) is -0.694. The van der Waals surface area contributed by atoms with Gasteiger partial charge in [0, 0.05) is 18.8 Å². The van der Waals surface area contributed by atoms with Crippen molar-refractivity contribution in [3.63, 3.8) is 0 Å². The average molecular weight is 435 g/mol. The molecular weight excluding hydrogens is 418 g/mol. The number of nitrogens with zero attached hydrogens (tertiary/aromatic N) is 5. The highest BCUT2D eigenvalue weighted by atomic mass is 19.4. The number of nitrogens with one attached hydrogen (secondary N) is 2. The summed E-state index contributed by atoms with van der Waals surface area (Å²) >= 11 is 0. The highest BCUT2D eigenvalue weighted by Gasteiger charge is 2.30. The lowest BCUT2D eigenvalue weighted by molar-refractivity contribution is -0.137. The van der Waals surface area contributed by atoms with E-state index in [1.165, 1.54) is 30.3 Å². The molecule has 0 saturated carbocycles. The molecule has 4 rings (SSSR count). The lowest BCUT2D eigenvalue weighted by atomic mass is 10.2. The molecule has 162 valence electrons. The van der Waals surface area contributed by atoms with Crippen molar-refractivity contribution in [1.82, 2.24) is 19.9 Å². The minimum absolute atomic E-state index is 0.0129. The molecule has 1 saturated heterocycles. The number of hydrogen-bond acceptors (Lipinski definition) is 8. The van der Waals surface area contributed by atoms with Crippen LogP contribution in [0.4, 0.5) is 46.9 Å². The normalized spacial score (nSPS) is 16.4. The molecule has 3 heterocycles. The maximum atomic E-state index is 13.4. The summed E-state index contributed by atoms with van der Waals surface area (Å²) in [5.74, 6) is -0.364. The number of halogens is 4. The summed E-state index contributed by atoms with van der Waals surface area (Å²) < 4.78 is 52.4. The first-order valence-electron chi connectivity index (χ1n) is 9.29. The molecule has 2 aromatic heterocycles. The second kappa shape index (κ2) is 8.30. The Kier molecular flexibility index (Phi) is 5.55. The first-order chi connectivity index (χ1) is 14.8. The first kappa shape index (κ1) is 20.7. The Labute approximate surface area is 174 Å². The van der Waals surface area contributed by atoms with Crippen molar-refractivity contribution in [2.75, 3.05) is 28.6 Å². The Morgan fingerprint density at radius 3 is 2.39 bits per heavy atom. The standard InChI is InChI=1S/C19H17F4N7O/c20-14-5-2-6-15(25-14)26-17-27-16(28-18(29-17)30-8-7-13(31)10-30)24-12-4-1-3-11(9-12)19(21,22)23/h1-6,9,13,31H,7-8,10H2,(H2,24,25,26,27,28,29)/t13-/m0/s1. The molecule has 31 heavy (non-hydrogen) atoms. The molecule has 12 heteroatoms. The lowest BCUT2D eigenvalue weighted by Crippen LogP contribution is -2.24. The van der Waals surface area contributed by atoms with Crippen molar-refractivity contribution in [2.24, 2.45) is 0 Å². The van der Waals surface area contributed by atoms with Gasteiger partial charge in [0.15, 0.2) is 0 Å². The van der Waals surface area contributed by atoms with Gasteiger partial charge in [-0.05, 0) is 36.8 Å². The first-order valence-corrected chi connectivity index (χ1v) is 9.29. The van der Waals surface area contributed by atoms with Crippen LogP contribution in [-0.2, 0) is 6.18 Å². The maximum Gasteiger partial charge on any atom is 0.416 e. The molecule has 0 unspecified atom stereocenters. The van der Waals surface area contributed by atoms with Crippen LogP contribution in [0.3, 0.4) is 0 Å². The van der Waals surface area contributed by atoms with Gasteiger partial charge in [0.25, 0.3) is 0 Å². The Bertz CT molecular complexity index is 1080. The van der Waals surface area contributed by atoms with Crippen LogP contribution in [-0.4, -0.2) is 44.2 Å². The van der Waals surface area contributed by atoms with Crippen molar-refractivity contribution in [2.45, 2.75) is 18.7 Å². The highest BCUT2D eigenvalue weighted by molar-refractivity contribution is 5.59. The zero-order chi connectivity index (χ0) is 22.0. The Balaban J connectivity index is 1.66. The number of anilines is 5. The number of aliphatic hydroxyl groups excluding tert-OH is 1. The summed E-state index contributed by atoms with van der Waals surface area (Å²) in [5, 5.41) is 15.3. The number of aliphatic hydroxyl groups is 1. The van der Waals surface area contributed by atoms with E-state index in [1.54, 1.807) is 4.90 Å². The van der Waals surface area contributed by atoms with Crippen molar-refractivity contribution in [3.05, 3.63) is 54.0 Å². The van der Waals surface area contributed by atoms with Gasteiger partial charge < -0.3 is 20.6 Å². The number of alkyl halides is 3. The van der Waals surface area contributed by atoms with E-state index in [0.717, 1.165) is 12.1 Å². The fraction of sp³-hybridized carbons (Fsp3) is 0.263. The largest absolute Gasteiger partial charge is 0.416 e. The quantitative estimate of drug-likeness (QED) is 0.414.